The van der Waals surface area contributed by atoms with Gasteiger partial charge in [0.05, 0.1) is 26.4 Å². The Balaban J connectivity index is 5.34. The summed E-state index contributed by atoms with van der Waals surface area (Å²) in [7, 11) is -9.96. The van der Waals surface area contributed by atoms with Crippen LogP contribution in [0.25, 0.3) is 0 Å². The molecule has 0 aliphatic rings. The summed E-state index contributed by atoms with van der Waals surface area (Å²) in [5.74, 6) is -2.21. The Morgan fingerprint density at radius 3 is 0.840 bits per heavy atom. The van der Waals surface area contributed by atoms with E-state index in [1.807, 2.05) is 0 Å². The number of unbranched alkanes of at least 4 members (excludes halogenated alkanes) is 29. The number of hydrogen-bond donors (Lipinski definition) is 3. The van der Waals surface area contributed by atoms with Crippen molar-refractivity contribution in [3.8, 4) is 0 Å². The number of ether oxygens (including phenoxy) is 4. The summed E-state index contributed by atoms with van der Waals surface area (Å²) in [4.78, 5) is 72.9. The number of esters is 4. The number of phosphoric ester groups is 2. The molecule has 0 aromatic carbocycles. The number of carbonyl (C=O) groups is 4. The minimum Gasteiger partial charge on any atom is -0.462 e. The van der Waals surface area contributed by atoms with E-state index in [1.165, 1.54) is 51.4 Å². The average Bonchev–Trinajstić information content (AvgIpc) is 0.935. The van der Waals surface area contributed by atoms with Gasteiger partial charge in [0.15, 0.2) is 12.2 Å². The van der Waals surface area contributed by atoms with Crippen molar-refractivity contribution >= 4 is 39.5 Å². The molecule has 0 aromatic heterocycles. The lowest BCUT2D eigenvalue weighted by Gasteiger charge is -2.21. The number of aliphatic hydroxyl groups excluding tert-OH is 1. The van der Waals surface area contributed by atoms with Gasteiger partial charge in [-0.25, -0.2) is 9.13 Å². The van der Waals surface area contributed by atoms with E-state index in [0.29, 0.717) is 25.7 Å². The fourth-order valence-corrected chi connectivity index (χ4v) is 11.9. The molecule has 0 aromatic rings. The first-order chi connectivity index (χ1) is 48.7. The maximum atomic E-state index is 13.1. The van der Waals surface area contributed by atoms with Gasteiger partial charge in [0, 0.05) is 25.7 Å². The van der Waals surface area contributed by atoms with E-state index in [2.05, 4.69) is 137 Å². The van der Waals surface area contributed by atoms with Gasteiger partial charge in [-0.05, 0) is 122 Å². The van der Waals surface area contributed by atoms with Gasteiger partial charge in [-0.2, -0.15) is 0 Å². The molecule has 0 radical (unpaired) electrons. The van der Waals surface area contributed by atoms with Crippen LogP contribution in [0.1, 0.15) is 323 Å². The molecule has 0 saturated carbocycles. The second-order valence-corrected chi connectivity index (χ2v) is 28.8. The lowest BCUT2D eigenvalue weighted by atomic mass is 10.0. The number of allylic oxidation sites excluding steroid dienone is 18. The largest absolute Gasteiger partial charge is 0.472 e. The molecule has 100 heavy (non-hydrogen) atoms. The summed E-state index contributed by atoms with van der Waals surface area (Å²) >= 11 is 0. The number of hydrogen-bond acceptors (Lipinski definition) is 15. The number of carbonyl (C=O) groups excluding carboxylic acids is 4. The highest BCUT2D eigenvalue weighted by Crippen LogP contribution is 2.45. The predicted molar refractivity (Wildman–Crippen MR) is 408 cm³/mol. The van der Waals surface area contributed by atoms with Crippen LogP contribution >= 0.6 is 15.6 Å². The smallest absolute Gasteiger partial charge is 0.462 e. The third-order valence-corrected chi connectivity index (χ3v) is 18.1. The number of aliphatic hydroxyl groups is 1. The fraction of sp³-hybridized carbons (Fsp3) is 0.728. The fourth-order valence-electron chi connectivity index (χ4n) is 10.3. The monoisotopic (exact) mass is 1450 g/mol. The van der Waals surface area contributed by atoms with Crippen molar-refractivity contribution in [3.63, 3.8) is 0 Å². The molecule has 0 bridgehead atoms. The molecule has 0 saturated heterocycles. The summed E-state index contributed by atoms with van der Waals surface area (Å²) < 4.78 is 68.5. The zero-order valence-corrected chi connectivity index (χ0v) is 64.6. The molecule has 17 nitrogen and oxygen atoms in total. The Morgan fingerprint density at radius 2 is 0.540 bits per heavy atom. The van der Waals surface area contributed by atoms with Gasteiger partial charge >= 0.3 is 39.5 Å². The van der Waals surface area contributed by atoms with E-state index < -0.39 is 97.5 Å². The van der Waals surface area contributed by atoms with Gasteiger partial charge < -0.3 is 33.8 Å². The van der Waals surface area contributed by atoms with Gasteiger partial charge in [-0.1, -0.05) is 285 Å². The van der Waals surface area contributed by atoms with Crippen molar-refractivity contribution in [2.75, 3.05) is 39.6 Å². The first-order valence-electron chi connectivity index (χ1n) is 39.1. The maximum absolute atomic E-state index is 13.1. The van der Waals surface area contributed by atoms with Crippen LogP contribution in [0.15, 0.2) is 109 Å². The van der Waals surface area contributed by atoms with E-state index in [-0.39, 0.29) is 25.7 Å². The highest BCUT2D eigenvalue weighted by atomic mass is 31.2. The molecule has 0 spiro atoms. The topological polar surface area (TPSA) is 237 Å². The first-order valence-corrected chi connectivity index (χ1v) is 42.1. The second-order valence-electron chi connectivity index (χ2n) is 25.9. The number of rotatable bonds is 73. The lowest BCUT2D eigenvalue weighted by Crippen LogP contribution is -2.30. The third-order valence-electron chi connectivity index (χ3n) is 16.2. The lowest BCUT2D eigenvalue weighted by molar-refractivity contribution is -0.161. The molecule has 5 unspecified atom stereocenters. The van der Waals surface area contributed by atoms with Gasteiger partial charge in [0.2, 0.25) is 0 Å². The minimum absolute atomic E-state index is 0.0743. The maximum Gasteiger partial charge on any atom is 0.472 e. The predicted octanol–water partition coefficient (Wildman–Crippen LogP) is 22.6. The van der Waals surface area contributed by atoms with E-state index in [0.717, 1.165) is 193 Å². The SMILES string of the molecule is CC/C=C\C/C=C\C/C=C\C/C=C\CCCCCCCCC(=O)OCC(COP(=O)(O)OCC(O)COP(=O)(O)OCC(COC(=O)CCCCCCC/C=C\C/C=C\C/C=C\CC)OC(=O)CCCCCCCCCCCCCCC)OC(=O)CCCCCCC/C=C\C/C=C\CCC. The van der Waals surface area contributed by atoms with Crippen molar-refractivity contribution in [1.29, 1.82) is 0 Å². The third kappa shape index (κ3) is 72.1. The molecule has 0 fully saturated rings. The van der Waals surface area contributed by atoms with Crippen LogP contribution in [0.2, 0.25) is 0 Å². The van der Waals surface area contributed by atoms with E-state index in [1.54, 1.807) is 0 Å². The summed E-state index contributed by atoms with van der Waals surface area (Å²) in [6.07, 6.45) is 77.8. The van der Waals surface area contributed by atoms with Crippen molar-refractivity contribution in [1.82, 2.24) is 0 Å². The van der Waals surface area contributed by atoms with Crippen molar-refractivity contribution < 1.29 is 80.2 Å². The van der Waals surface area contributed by atoms with Gasteiger partial charge in [-0.3, -0.25) is 37.3 Å². The summed E-state index contributed by atoms with van der Waals surface area (Å²) in [6, 6.07) is 0. The molecule has 576 valence electrons. The van der Waals surface area contributed by atoms with Crippen molar-refractivity contribution in [2.45, 2.75) is 341 Å². The molecule has 3 N–H and O–H groups in total. The van der Waals surface area contributed by atoms with Crippen LogP contribution in [0.4, 0.5) is 0 Å². The quantitative estimate of drug-likeness (QED) is 0.0169. The molecular weight excluding hydrogens is 1310 g/mol. The number of phosphoric acid groups is 2. The molecule has 0 rings (SSSR count). The normalized spacial score (nSPS) is 14.5. The standard InChI is InChI=1S/C81H140O17P2/c1-5-9-13-17-21-25-29-33-35-36-37-38-40-44-46-50-54-58-62-66-79(84)92-72-77(98-81(86)68-64-60-56-52-48-42-32-28-24-20-16-12-8-4)74-96-100(89,90)94-70-75(82)69-93-99(87,88)95-73-76(97-80(85)67-63-59-55-51-47-41-31-27-23-19-15-11-7-3)71-91-78(83)65-61-57-53-49-45-43-39-34-30-26-22-18-14-10-6-2/h9-10,13-14,16,20-22,25-26,28,32-35,37-39,75-77,82H,5-8,11-12,15,17-19,23-24,27,29-31,36,40-74H2,1-4H3,(H,87,88)(H,89,90)/b13-9-,14-10-,20-16-,25-21-,26-22-,32-28-,35-33-,38-37-,39-34-. The summed E-state index contributed by atoms with van der Waals surface area (Å²) in [6.45, 7) is 4.56. The Labute approximate surface area is 607 Å². The molecule has 0 amide bonds. The van der Waals surface area contributed by atoms with E-state index in [9.17, 15) is 43.2 Å². The highest BCUT2D eigenvalue weighted by Gasteiger charge is 2.30. The minimum atomic E-state index is -4.98. The Morgan fingerprint density at radius 1 is 0.290 bits per heavy atom. The van der Waals surface area contributed by atoms with E-state index in [4.69, 9.17) is 37.0 Å². The highest BCUT2D eigenvalue weighted by molar-refractivity contribution is 7.47. The second kappa shape index (κ2) is 73.0. The van der Waals surface area contributed by atoms with Crippen molar-refractivity contribution in [3.05, 3.63) is 109 Å². The van der Waals surface area contributed by atoms with Gasteiger partial charge in [0.25, 0.3) is 0 Å². The zero-order valence-electron chi connectivity index (χ0n) is 62.8. The molecule has 19 heteroatoms. The Kier molecular flexibility index (Phi) is 69.9. The molecule has 0 aliphatic carbocycles. The Hall–Kier alpha value is -4.28. The zero-order chi connectivity index (χ0) is 73.2. The first kappa shape index (κ1) is 95.7. The van der Waals surface area contributed by atoms with Crippen LogP contribution in [-0.4, -0.2) is 96.7 Å². The van der Waals surface area contributed by atoms with Crippen molar-refractivity contribution in [2.24, 2.45) is 0 Å². The van der Waals surface area contributed by atoms with Gasteiger partial charge in [-0.15, -0.1) is 0 Å². The average molecular weight is 1450 g/mol. The van der Waals surface area contributed by atoms with Crippen LogP contribution in [0, 0.1) is 0 Å². The van der Waals surface area contributed by atoms with Crippen LogP contribution in [0.3, 0.4) is 0 Å². The molecule has 0 aliphatic heterocycles. The van der Waals surface area contributed by atoms with E-state index >= 15 is 0 Å². The van der Waals surface area contributed by atoms with Crippen LogP contribution in [-0.2, 0) is 65.4 Å². The molecule has 5 atom stereocenters. The molecule has 0 heterocycles. The summed E-state index contributed by atoms with van der Waals surface area (Å²) in [5.41, 5.74) is 0. The van der Waals surface area contributed by atoms with Crippen LogP contribution < -0.4 is 0 Å². The Bertz CT molecular complexity index is 2320. The summed E-state index contributed by atoms with van der Waals surface area (Å²) in [5, 5.41) is 10.6. The molecular formula is C81H140O17P2. The van der Waals surface area contributed by atoms with Gasteiger partial charge in [0.1, 0.15) is 19.3 Å². The van der Waals surface area contributed by atoms with Crippen LogP contribution in [0.5, 0.6) is 0 Å².